The van der Waals surface area contributed by atoms with E-state index in [0.717, 1.165) is 11.6 Å². The SMILES string of the molecule is C[C@H]1CN(C(=O)c2ccnc(N(C)C)c2)CCN1C(=O)c1ccnc(N(C)C)c1. The lowest BCUT2D eigenvalue weighted by Gasteiger charge is -2.40. The summed E-state index contributed by atoms with van der Waals surface area (Å²) in [5, 5.41) is 0. The highest BCUT2D eigenvalue weighted by atomic mass is 16.2. The number of piperazine rings is 1. The van der Waals surface area contributed by atoms with Gasteiger partial charge in [0.2, 0.25) is 0 Å². The van der Waals surface area contributed by atoms with Crippen molar-refractivity contribution in [3.8, 4) is 0 Å². The number of hydrogen-bond acceptors (Lipinski definition) is 6. The molecule has 2 amide bonds. The molecule has 1 aliphatic heterocycles. The minimum atomic E-state index is -0.0775. The summed E-state index contributed by atoms with van der Waals surface area (Å²) >= 11 is 0. The van der Waals surface area contributed by atoms with Gasteiger partial charge in [-0.15, -0.1) is 0 Å². The Morgan fingerprint density at radius 2 is 1.41 bits per heavy atom. The first kappa shape index (κ1) is 20.6. The predicted molar refractivity (Wildman–Crippen MR) is 114 cm³/mol. The van der Waals surface area contributed by atoms with E-state index in [1.807, 2.05) is 49.8 Å². The Morgan fingerprint density at radius 3 is 1.90 bits per heavy atom. The Balaban J connectivity index is 1.70. The van der Waals surface area contributed by atoms with Gasteiger partial charge in [-0.25, -0.2) is 9.97 Å². The van der Waals surface area contributed by atoms with Crippen LogP contribution in [0.2, 0.25) is 0 Å². The van der Waals surface area contributed by atoms with Crippen molar-refractivity contribution in [2.45, 2.75) is 13.0 Å². The lowest BCUT2D eigenvalue weighted by atomic mass is 10.1. The van der Waals surface area contributed by atoms with E-state index in [4.69, 9.17) is 0 Å². The Bertz CT molecular complexity index is 898. The van der Waals surface area contributed by atoms with Crippen molar-refractivity contribution in [3.05, 3.63) is 47.8 Å². The zero-order valence-electron chi connectivity index (χ0n) is 17.7. The van der Waals surface area contributed by atoms with Gasteiger partial charge in [0.1, 0.15) is 11.6 Å². The van der Waals surface area contributed by atoms with Crippen LogP contribution >= 0.6 is 0 Å². The van der Waals surface area contributed by atoms with Crippen LogP contribution in [-0.2, 0) is 0 Å². The molecule has 3 rings (SSSR count). The fourth-order valence-corrected chi connectivity index (χ4v) is 3.38. The van der Waals surface area contributed by atoms with Crippen LogP contribution in [0.1, 0.15) is 27.6 Å². The number of hydrogen-bond donors (Lipinski definition) is 0. The van der Waals surface area contributed by atoms with Crippen molar-refractivity contribution in [2.24, 2.45) is 0 Å². The molecule has 1 fully saturated rings. The minimum absolute atomic E-state index is 0.0334. The molecule has 0 saturated carbocycles. The molecule has 29 heavy (non-hydrogen) atoms. The largest absolute Gasteiger partial charge is 0.363 e. The monoisotopic (exact) mass is 396 g/mol. The van der Waals surface area contributed by atoms with E-state index in [1.54, 1.807) is 41.6 Å². The van der Waals surface area contributed by atoms with Gasteiger partial charge in [-0.1, -0.05) is 0 Å². The van der Waals surface area contributed by atoms with Crippen LogP contribution in [0.25, 0.3) is 0 Å². The highest BCUT2D eigenvalue weighted by molar-refractivity contribution is 5.96. The zero-order valence-corrected chi connectivity index (χ0v) is 17.7. The van der Waals surface area contributed by atoms with Crippen LogP contribution in [-0.4, -0.2) is 85.4 Å². The molecule has 0 N–H and O–H groups in total. The molecule has 1 saturated heterocycles. The molecule has 0 spiro atoms. The van der Waals surface area contributed by atoms with Crippen molar-refractivity contribution >= 4 is 23.5 Å². The average molecular weight is 396 g/mol. The van der Waals surface area contributed by atoms with Gasteiger partial charge < -0.3 is 19.6 Å². The average Bonchev–Trinajstić information content (AvgIpc) is 2.72. The first-order valence-corrected chi connectivity index (χ1v) is 9.65. The maximum atomic E-state index is 13.0. The second-order valence-electron chi connectivity index (χ2n) is 7.69. The molecular weight excluding hydrogens is 368 g/mol. The van der Waals surface area contributed by atoms with Gasteiger partial charge in [0.25, 0.3) is 11.8 Å². The van der Waals surface area contributed by atoms with Crippen LogP contribution < -0.4 is 9.80 Å². The summed E-state index contributed by atoms with van der Waals surface area (Å²) in [6.45, 7) is 3.47. The molecule has 0 unspecified atom stereocenters. The summed E-state index contributed by atoms with van der Waals surface area (Å²) in [6.07, 6.45) is 3.30. The third-order valence-corrected chi connectivity index (χ3v) is 5.08. The quantitative estimate of drug-likeness (QED) is 0.782. The maximum Gasteiger partial charge on any atom is 0.254 e. The fraction of sp³-hybridized carbons (Fsp3) is 0.429. The van der Waals surface area contributed by atoms with Gasteiger partial charge >= 0.3 is 0 Å². The number of nitrogens with zero attached hydrogens (tertiary/aromatic N) is 6. The molecule has 2 aromatic rings. The first-order chi connectivity index (χ1) is 13.8. The van der Waals surface area contributed by atoms with E-state index in [-0.39, 0.29) is 17.9 Å². The van der Waals surface area contributed by atoms with E-state index in [9.17, 15) is 9.59 Å². The molecule has 0 bridgehead atoms. The normalized spacial score (nSPS) is 16.5. The third-order valence-electron chi connectivity index (χ3n) is 5.08. The Kier molecular flexibility index (Phi) is 6.00. The fourth-order valence-electron chi connectivity index (χ4n) is 3.38. The number of amides is 2. The van der Waals surface area contributed by atoms with E-state index >= 15 is 0 Å². The van der Waals surface area contributed by atoms with E-state index in [1.165, 1.54) is 0 Å². The smallest absolute Gasteiger partial charge is 0.254 e. The number of aromatic nitrogens is 2. The molecular formula is C21H28N6O2. The summed E-state index contributed by atoms with van der Waals surface area (Å²) in [5.41, 5.74) is 1.22. The van der Waals surface area contributed by atoms with Crippen molar-refractivity contribution < 1.29 is 9.59 Å². The highest BCUT2D eigenvalue weighted by Gasteiger charge is 2.31. The number of anilines is 2. The van der Waals surface area contributed by atoms with E-state index < -0.39 is 0 Å². The predicted octanol–water partition coefficient (Wildman–Crippen LogP) is 1.60. The van der Waals surface area contributed by atoms with Crippen molar-refractivity contribution in [2.75, 3.05) is 57.6 Å². The molecule has 8 nitrogen and oxygen atoms in total. The molecule has 0 aromatic carbocycles. The van der Waals surface area contributed by atoms with Crippen molar-refractivity contribution in [1.29, 1.82) is 0 Å². The lowest BCUT2D eigenvalue weighted by Crippen LogP contribution is -2.55. The van der Waals surface area contributed by atoms with Crippen LogP contribution in [0.5, 0.6) is 0 Å². The summed E-state index contributed by atoms with van der Waals surface area (Å²) < 4.78 is 0. The summed E-state index contributed by atoms with van der Waals surface area (Å²) in [6, 6.07) is 6.99. The molecule has 154 valence electrons. The molecule has 0 aliphatic carbocycles. The van der Waals surface area contributed by atoms with E-state index in [2.05, 4.69) is 9.97 Å². The molecule has 2 aromatic heterocycles. The Labute approximate surface area is 171 Å². The molecule has 0 radical (unpaired) electrons. The molecule has 8 heteroatoms. The Hall–Kier alpha value is -3.16. The molecule has 3 heterocycles. The van der Waals surface area contributed by atoms with Gasteiger partial charge in [-0.2, -0.15) is 0 Å². The zero-order chi connectivity index (χ0) is 21.1. The maximum absolute atomic E-state index is 13.0. The van der Waals surface area contributed by atoms with Crippen LogP contribution in [0.15, 0.2) is 36.7 Å². The Morgan fingerprint density at radius 1 is 0.897 bits per heavy atom. The summed E-state index contributed by atoms with van der Waals surface area (Å²) in [5.74, 6) is 1.42. The first-order valence-electron chi connectivity index (χ1n) is 9.65. The molecule has 1 aliphatic rings. The molecule has 1 atom stereocenters. The van der Waals surface area contributed by atoms with Crippen LogP contribution in [0.4, 0.5) is 11.6 Å². The standard InChI is InChI=1S/C21H28N6O2/c1-15-14-26(20(28)16-6-8-22-18(12-16)24(2)3)10-11-27(15)21(29)17-7-9-23-19(13-17)25(4)5/h6-9,12-13,15H,10-11,14H2,1-5H3/t15-/m0/s1. The number of carbonyl (C=O) groups excluding carboxylic acids is 2. The number of carbonyl (C=O) groups is 2. The third kappa shape index (κ3) is 4.47. The summed E-state index contributed by atoms with van der Waals surface area (Å²) in [4.78, 5) is 41.9. The van der Waals surface area contributed by atoms with Crippen LogP contribution in [0, 0.1) is 0 Å². The van der Waals surface area contributed by atoms with Crippen LogP contribution in [0.3, 0.4) is 0 Å². The lowest BCUT2D eigenvalue weighted by molar-refractivity contribution is 0.0414. The van der Waals surface area contributed by atoms with Crippen molar-refractivity contribution in [3.63, 3.8) is 0 Å². The highest BCUT2D eigenvalue weighted by Crippen LogP contribution is 2.19. The van der Waals surface area contributed by atoms with E-state index in [0.29, 0.717) is 30.8 Å². The minimum Gasteiger partial charge on any atom is -0.363 e. The second kappa shape index (κ2) is 8.46. The second-order valence-corrected chi connectivity index (χ2v) is 7.69. The summed E-state index contributed by atoms with van der Waals surface area (Å²) in [7, 11) is 7.57. The van der Waals surface area contributed by atoms with Gasteiger partial charge in [0.05, 0.1) is 0 Å². The van der Waals surface area contributed by atoms with Gasteiger partial charge in [-0.3, -0.25) is 9.59 Å². The number of pyridine rings is 2. The van der Waals surface area contributed by atoms with Gasteiger partial charge in [-0.05, 0) is 31.2 Å². The van der Waals surface area contributed by atoms with Gasteiger partial charge in [0, 0.05) is 77.4 Å². The number of rotatable bonds is 4. The van der Waals surface area contributed by atoms with Crippen molar-refractivity contribution in [1.82, 2.24) is 19.8 Å². The van der Waals surface area contributed by atoms with Gasteiger partial charge in [0.15, 0.2) is 0 Å². The topological polar surface area (TPSA) is 72.9 Å².